The Morgan fingerprint density at radius 2 is 2.06 bits per heavy atom. The molecule has 1 fully saturated rings. The van der Waals surface area contributed by atoms with E-state index in [0.717, 1.165) is 9.26 Å². The van der Waals surface area contributed by atoms with E-state index in [1.807, 2.05) is 24.3 Å². The van der Waals surface area contributed by atoms with Crippen LogP contribution in [-0.4, -0.2) is 30.9 Å². The number of carbonyl (C=O) groups excluding carboxylic acids is 2. The Kier molecular flexibility index (Phi) is 4.54. The summed E-state index contributed by atoms with van der Waals surface area (Å²) < 4.78 is 1.11. The molecule has 0 aromatic heterocycles. The predicted octanol–water partition coefficient (Wildman–Crippen LogP) is 0.708. The van der Waals surface area contributed by atoms with Gasteiger partial charge in [-0.1, -0.05) is 0 Å². The van der Waals surface area contributed by atoms with Crippen molar-refractivity contribution in [2.24, 2.45) is 0 Å². The molecule has 0 unspecified atom stereocenters. The SMILES string of the molecule is O=C(C[C@H]1NCCNC1=O)Nc1ccc(I)cc1. The second kappa shape index (κ2) is 6.14. The normalized spacial score (nSPS) is 19.2. The molecule has 1 heterocycles. The van der Waals surface area contributed by atoms with Crippen molar-refractivity contribution in [1.82, 2.24) is 10.6 Å². The van der Waals surface area contributed by atoms with Crippen molar-refractivity contribution in [3.05, 3.63) is 27.8 Å². The Balaban J connectivity index is 1.88. The number of hydrogen-bond donors (Lipinski definition) is 3. The van der Waals surface area contributed by atoms with Crippen molar-refractivity contribution in [3.8, 4) is 0 Å². The summed E-state index contributed by atoms with van der Waals surface area (Å²) in [4.78, 5) is 23.3. The number of hydrogen-bond acceptors (Lipinski definition) is 3. The molecule has 96 valence electrons. The summed E-state index contributed by atoms with van der Waals surface area (Å²) in [6.07, 6.45) is 0.151. The van der Waals surface area contributed by atoms with Gasteiger partial charge in [-0.15, -0.1) is 0 Å². The Bertz CT molecular complexity index is 447. The molecule has 18 heavy (non-hydrogen) atoms. The first kappa shape index (κ1) is 13.3. The van der Waals surface area contributed by atoms with Crippen molar-refractivity contribution >= 4 is 40.1 Å². The highest BCUT2D eigenvalue weighted by Crippen LogP contribution is 2.11. The molecule has 0 saturated carbocycles. The highest BCUT2D eigenvalue weighted by Gasteiger charge is 2.23. The van der Waals surface area contributed by atoms with E-state index in [1.165, 1.54) is 0 Å². The third kappa shape index (κ3) is 3.67. The first-order valence-electron chi connectivity index (χ1n) is 5.71. The lowest BCUT2D eigenvalue weighted by atomic mass is 10.1. The van der Waals surface area contributed by atoms with Gasteiger partial charge in [0.15, 0.2) is 0 Å². The second-order valence-electron chi connectivity index (χ2n) is 4.06. The minimum absolute atomic E-state index is 0.112. The molecule has 0 spiro atoms. The van der Waals surface area contributed by atoms with Gasteiger partial charge in [0.05, 0.1) is 12.5 Å². The molecular formula is C12H14IN3O2. The number of carbonyl (C=O) groups is 2. The molecule has 0 bridgehead atoms. The predicted molar refractivity (Wildman–Crippen MR) is 77.2 cm³/mol. The van der Waals surface area contributed by atoms with Crippen LogP contribution in [0.1, 0.15) is 6.42 Å². The lowest BCUT2D eigenvalue weighted by Gasteiger charge is -2.22. The minimum atomic E-state index is -0.428. The number of nitrogens with one attached hydrogen (secondary N) is 3. The van der Waals surface area contributed by atoms with Crippen LogP contribution in [0.15, 0.2) is 24.3 Å². The molecule has 3 N–H and O–H groups in total. The summed E-state index contributed by atoms with van der Waals surface area (Å²) in [5.41, 5.74) is 0.747. The molecule has 2 amide bonds. The van der Waals surface area contributed by atoms with Gasteiger partial charge < -0.3 is 16.0 Å². The maximum atomic E-state index is 11.8. The third-order valence-electron chi connectivity index (χ3n) is 2.65. The van der Waals surface area contributed by atoms with E-state index in [2.05, 4.69) is 38.5 Å². The summed E-state index contributed by atoms with van der Waals surface area (Å²) >= 11 is 2.20. The maximum absolute atomic E-state index is 11.8. The topological polar surface area (TPSA) is 70.2 Å². The molecule has 1 aromatic carbocycles. The van der Waals surface area contributed by atoms with Crippen molar-refractivity contribution in [1.29, 1.82) is 0 Å². The van der Waals surface area contributed by atoms with Gasteiger partial charge >= 0.3 is 0 Å². The molecule has 5 nitrogen and oxygen atoms in total. The standard InChI is InChI=1S/C12H14IN3O2/c13-8-1-3-9(4-2-8)16-11(17)7-10-12(18)15-6-5-14-10/h1-4,10,14H,5-7H2,(H,15,18)(H,16,17)/t10-/m1/s1. The van der Waals surface area contributed by atoms with Crippen molar-refractivity contribution in [3.63, 3.8) is 0 Å². The summed E-state index contributed by atoms with van der Waals surface area (Å²) in [5.74, 6) is -0.273. The van der Waals surface area contributed by atoms with Crippen LogP contribution >= 0.6 is 22.6 Å². The highest BCUT2D eigenvalue weighted by atomic mass is 127. The summed E-state index contributed by atoms with van der Waals surface area (Å²) in [6.45, 7) is 1.32. The Morgan fingerprint density at radius 1 is 1.33 bits per heavy atom. The molecule has 1 saturated heterocycles. The van der Waals surface area contributed by atoms with E-state index in [4.69, 9.17) is 0 Å². The monoisotopic (exact) mass is 359 g/mol. The van der Waals surface area contributed by atoms with Crippen LogP contribution in [0.4, 0.5) is 5.69 Å². The molecule has 1 aliphatic heterocycles. The van der Waals surface area contributed by atoms with Gasteiger partial charge in [-0.05, 0) is 46.9 Å². The van der Waals surface area contributed by atoms with E-state index in [1.54, 1.807) is 0 Å². The first-order chi connectivity index (χ1) is 8.65. The molecule has 0 aliphatic carbocycles. The van der Waals surface area contributed by atoms with Crippen LogP contribution in [0.25, 0.3) is 0 Å². The van der Waals surface area contributed by atoms with Crippen LogP contribution in [0.2, 0.25) is 0 Å². The molecule has 0 radical (unpaired) electrons. The second-order valence-corrected chi connectivity index (χ2v) is 5.30. The highest BCUT2D eigenvalue weighted by molar-refractivity contribution is 14.1. The van der Waals surface area contributed by atoms with Crippen LogP contribution in [0.3, 0.4) is 0 Å². The Morgan fingerprint density at radius 3 is 2.72 bits per heavy atom. The zero-order chi connectivity index (χ0) is 13.0. The van der Waals surface area contributed by atoms with Crippen LogP contribution in [-0.2, 0) is 9.59 Å². The quantitative estimate of drug-likeness (QED) is 0.697. The lowest BCUT2D eigenvalue weighted by Crippen LogP contribution is -2.53. The molecule has 1 atom stereocenters. The number of rotatable bonds is 3. The van der Waals surface area contributed by atoms with Gasteiger partial charge in [-0.25, -0.2) is 0 Å². The smallest absolute Gasteiger partial charge is 0.237 e. The molecule has 6 heteroatoms. The largest absolute Gasteiger partial charge is 0.353 e. The zero-order valence-corrected chi connectivity index (χ0v) is 11.9. The summed E-state index contributed by atoms with van der Waals surface area (Å²) in [6, 6.07) is 7.09. The van der Waals surface area contributed by atoms with Crippen LogP contribution < -0.4 is 16.0 Å². The number of halogens is 1. The van der Waals surface area contributed by atoms with Gasteiger partial charge in [0.25, 0.3) is 0 Å². The molecule has 2 rings (SSSR count). The minimum Gasteiger partial charge on any atom is -0.353 e. The number of amides is 2. The van der Waals surface area contributed by atoms with Crippen molar-refractivity contribution in [2.45, 2.75) is 12.5 Å². The van der Waals surface area contributed by atoms with Gasteiger partial charge in [0, 0.05) is 22.3 Å². The number of piperazine rings is 1. The Labute approximate surface area is 119 Å². The average molecular weight is 359 g/mol. The Hall–Kier alpha value is -1.15. The van der Waals surface area contributed by atoms with E-state index in [0.29, 0.717) is 13.1 Å². The fourth-order valence-corrected chi connectivity index (χ4v) is 2.10. The fourth-order valence-electron chi connectivity index (χ4n) is 1.74. The number of anilines is 1. The van der Waals surface area contributed by atoms with Crippen LogP contribution in [0.5, 0.6) is 0 Å². The molecule has 1 aliphatic rings. The van der Waals surface area contributed by atoms with Gasteiger partial charge in [0.1, 0.15) is 0 Å². The third-order valence-corrected chi connectivity index (χ3v) is 3.37. The first-order valence-corrected chi connectivity index (χ1v) is 6.79. The van der Waals surface area contributed by atoms with Crippen molar-refractivity contribution < 1.29 is 9.59 Å². The fraction of sp³-hybridized carbons (Fsp3) is 0.333. The van der Waals surface area contributed by atoms with Gasteiger partial charge in [-0.2, -0.15) is 0 Å². The van der Waals surface area contributed by atoms with Gasteiger partial charge in [0.2, 0.25) is 11.8 Å². The zero-order valence-electron chi connectivity index (χ0n) is 9.70. The van der Waals surface area contributed by atoms with E-state index < -0.39 is 6.04 Å². The van der Waals surface area contributed by atoms with E-state index in [9.17, 15) is 9.59 Å². The lowest BCUT2D eigenvalue weighted by molar-refractivity contribution is -0.127. The van der Waals surface area contributed by atoms with Gasteiger partial charge in [-0.3, -0.25) is 9.59 Å². The number of benzene rings is 1. The van der Waals surface area contributed by atoms with Crippen molar-refractivity contribution in [2.75, 3.05) is 18.4 Å². The van der Waals surface area contributed by atoms with E-state index in [-0.39, 0.29) is 18.2 Å². The van der Waals surface area contributed by atoms with E-state index >= 15 is 0 Å². The molecular weight excluding hydrogens is 345 g/mol. The maximum Gasteiger partial charge on any atom is 0.237 e. The average Bonchev–Trinajstić information content (AvgIpc) is 2.35. The molecule has 1 aromatic rings. The summed E-state index contributed by atoms with van der Waals surface area (Å²) in [7, 11) is 0. The summed E-state index contributed by atoms with van der Waals surface area (Å²) in [5, 5.41) is 8.52. The van der Waals surface area contributed by atoms with Crippen LogP contribution in [0, 0.1) is 3.57 Å².